The molecule has 1 N–H and O–H groups in total. The van der Waals surface area contributed by atoms with E-state index in [-0.39, 0.29) is 5.95 Å². The molecular formula is C15H22O2Si. The normalized spacial score (nSPS) is 14.1. The summed E-state index contributed by atoms with van der Waals surface area (Å²) >= 11 is 0. The number of rotatable bonds is 6. The Labute approximate surface area is 111 Å². The van der Waals surface area contributed by atoms with Gasteiger partial charge in [0.1, 0.15) is 6.61 Å². The lowest BCUT2D eigenvalue weighted by Crippen LogP contribution is -2.44. The number of hydrogen-bond acceptors (Lipinski definition) is 2. The summed E-state index contributed by atoms with van der Waals surface area (Å²) in [6.07, 6.45) is 3.43. The van der Waals surface area contributed by atoms with Gasteiger partial charge in [-0.25, -0.2) is 0 Å². The second kappa shape index (κ2) is 6.45. The maximum Gasteiger partial charge on any atom is 0.272 e. The van der Waals surface area contributed by atoms with E-state index in [0.29, 0.717) is 12.1 Å². The molecule has 98 valence electrons. The highest BCUT2D eigenvalue weighted by Crippen LogP contribution is 2.23. The highest BCUT2D eigenvalue weighted by Gasteiger charge is 2.29. The molecule has 0 aliphatic carbocycles. The maximum absolute atomic E-state index is 9.67. The first-order valence-corrected chi connectivity index (χ1v) is 9.26. The highest BCUT2D eigenvalue weighted by atomic mass is 28.3. The van der Waals surface area contributed by atoms with Crippen LogP contribution in [0.3, 0.4) is 0 Å². The molecule has 1 rings (SSSR count). The lowest BCUT2D eigenvalue weighted by atomic mass is 10.4. The van der Waals surface area contributed by atoms with E-state index in [1.807, 2.05) is 12.1 Å². The SMILES string of the molecule is C=CCO/C(O)=C/C(C)[Si](C)(C)c1ccccc1. The third-order valence-electron chi connectivity index (χ3n) is 3.40. The van der Waals surface area contributed by atoms with Gasteiger partial charge in [-0.2, -0.15) is 0 Å². The molecule has 0 aromatic heterocycles. The van der Waals surface area contributed by atoms with Crippen LogP contribution in [0.4, 0.5) is 0 Å². The molecule has 0 aliphatic heterocycles. The summed E-state index contributed by atoms with van der Waals surface area (Å²) in [6.45, 7) is 10.6. The first-order valence-electron chi connectivity index (χ1n) is 6.18. The van der Waals surface area contributed by atoms with Crippen molar-refractivity contribution in [3.63, 3.8) is 0 Å². The molecule has 1 unspecified atom stereocenters. The Balaban J connectivity index is 2.82. The average molecular weight is 262 g/mol. The lowest BCUT2D eigenvalue weighted by Gasteiger charge is -2.28. The molecule has 0 heterocycles. The van der Waals surface area contributed by atoms with Crippen LogP contribution in [-0.4, -0.2) is 19.8 Å². The van der Waals surface area contributed by atoms with Crippen LogP contribution in [0.25, 0.3) is 0 Å². The Morgan fingerprint density at radius 1 is 1.39 bits per heavy atom. The van der Waals surface area contributed by atoms with Gasteiger partial charge in [0.15, 0.2) is 0 Å². The third-order valence-corrected chi connectivity index (χ3v) is 7.66. The summed E-state index contributed by atoms with van der Waals surface area (Å²) < 4.78 is 5.11. The molecule has 0 fully saturated rings. The summed E-state index contributed by atoms with van der Waals surface area (Å²) in [4.78, 5) is 0. The minimum absolute atomic E-state index is 0.00101. The van der Waals surface area contributed by atoms with Gasteiger partial charge in [-0.3, -0.25) is 0 Å². The fourth-order valence-corrected chi connectivity index (χ4v) is 3.88. The van der Waals surface area contributed by atoms with E-state index in [1.54, 1.807) is 6.08 Å². The minimum atomic E-state index is -1.63. The lowest BCUT2D eigenvalue weighted by molar-refractivity contribution is 0.111. The maximum atomic E-state index is 9.67. The van der Waals surface area contributed by atoms with Crippen molar-refractivity contribution < 1.29 is 9.84 Å². The molecule has 2 nitrogen and oxygen atoms in total. The summed E-state index contributed by atoms with van der Waals surface area (Å²) in [5.41, 5.74) is 0.296. The zero-order valence-electron chi connectivity index (χ0n) is 11.4. The predicted molar refractivity (Wildman–Crippen MR) is 79.8 cm³/mol. The van der Waals surface area contributed by atoms with Crippen LogP contribution < -0.4 is 5.19 Å². The highest BCUT2D eigenvalue weighted by molar-refractivity contribution is 6.91. The third kappa shape index (κ3) is 3.77. The van der Waals surface area contributed by atoms with E-state index >= 15 is 0 Å². The number of allylic oxidation sites excluding steroid dienone is 1. The summed E-state index contributed by atoms with van der Waals surface area (Å²) in [5.74, 6) is -0.00101. The molecule has 3 heteroatoms. The number of benzene rings is 1. The Morgan fingerprint density at radius 2 is 2.00 bits per heavy atom. The molecule has 0 radical (unpaired) electrons. The quantitative estimate of drug-likeness (QED) is 0.482. The largest absolute Gasteiger partial charge is 0.481 e. The van der Waals surface area contributed by atoms with Crippen LogP contribution in [0.5, 0.6) is 0 Å². The van der Waals surface area contributed by atoms with Crippen molar-refractivity contribution in [3.8, 4) is 0 Å². The Bertz CT molecular complexity index is 410. The zero-order valence-corrected chi connectivity index (χ0v) is 12.4. The van der Waals surface area contributed by atoms with Crippen LogP contribution in [0.15, 0.2) is 55.0 Å². The van der Waals surface area contributed by atoms with E-state index in [0.717, 1.165) is 0 Å². The van der Waals surface area contributed by atoms with Crippen LogP contribution in [0.2, 0.25) is 18.6 Å². The molecule has 18 heavy (non-hydrogen) atoms. The predicted octanol–water partition coefficient (Wildman–Crippen LogP) is 3.59. The van der Waals surface area contributed by atoms with Crippen molar-refractivity contribution in [1.29, 1.82) is 0 Å². The number of ether oxygens (including phenoxy) is 1. The van der Waals surface area contributed by atoms with Crippen molar-refractivity contribution in [2.75, 3.05) is 6.61 Å². The molecule has 0 amide bonds. The Kier molecular flexibility index (Phi) is 5.22. The first-order chi connectivity index (χ1) is 8.48. The van der Waals surface area contributed by atoms with Crippen molar-refractivity contribution >= 4 is 13.3 Å². The van der Waals surface area contributed by atoms with Crippen molar-refractivity contribution in [2.24, 2.45) is 0 Å². The van der Waals surface area contributed by atoms with Crippen LogP contribution in [0.1, 0.15) is 6.92 Å². The Hall–Kier alpha value is -1.48. The van der Waals surface area contributed by atoms with Crippen molar-refractivity contribution in [2.45, 2.75) is 25.6 Å². The number of aliphatic hydroxyl groups is 1. The zero-order chi connectivity index (χ0) is 13.6. The fraction of sp³-hybridized carbons (Fsp3) is 0.333. The summed E-state index contributed by atoms with van der Waals surface area (Å²) in [7, 11) is -1.63. The van der Waals surface area contributed by atoms with Crippen LogP contribution >= 0.6 is 0 Å². The van der Waals surface area contributed by atoms with Gasteiger partial charge in [-0.15, -0.1) is 0 Å². The summed E-state index contributed by atoms with van der Waals surface area (Å²) in [6, 6.07) is 10.5. The molecular weight excluding hydrogens is 240 g/mol. The van der Waals surface area contributed by atoms with E-state index in [2.05, 4.69) is 50.9 Å². The van der Waals surface area contributed by atoms with Gasteiger partial charge < -0.3 is 9.84 Å². The van der Waals surface area contributed by atoms with Crippen LogP contribution in [-0.2, 0) is 4.74 Å². The number of hydrogen-bond donors (Lipinski definition) is 1. The van der Waals surface area contributed by atoms with E-state index in [9.17, 15) is 5.11 Å². The molecule has 0 saturated heterocycles. The van der Waals surface area contributed by atoms with Gasteiger partial charge in [0.2, 0.25) is 0 Å². The molecule has 0 saturated carbocycles. The topological polar surface area (TPSA) is 29.5 Å². The molecule has 1 aromatic rings. The molecule has 0 bridgehead atoms. The van der Waals surface area contributed by atoms with Gasteiger partial charge >= 0.3 is 0 Å². The summed E-state index contributed by atoms with van der Waals surface area (Å²) in [5, 5.41) is 11.1. The van der Waals surface area contributed by atoms with Gasteiger partial charge in [-0.05, 0) is 11.6 Å². The van der Waals surface area contributed by atoms with Gasteiger partial charge in [0.25, 0.3) is 5.95 Å². The molecule has 1 atom stereocenters. The number of aliphatic hydroxyl groups excluding tert-OH is 1. The first kappa shape index (κ1) is 14.6. The fourth-order valence-electron chi connectivity index (χ4n) is 1.75. The van der Waals surface area contributed by atoms with Crippen molar-refractivity contribution in [3.05, 3.63) is 55.0 Å². The molecule has 0 aliphatic rings. The van der Waals surface area contributed by atoms with E-state index < -0.39 is 8.07 Å². The Morgan fingerprint density at radius 3 is 2.56 bits per heavy atom. The molecule has 0 spiro atoms. The second-order valence-electron chi connectivity index (χ2n) is 4.98. The van der Waals surface area contributed by atoms with E-state index in [1.165, 1.54) is 5.19 Å². The van der Waals surface area contributed by atoms with E-state index in [4.69, 9.17) is 4.74 Å². The smallest absolute Gasteiger partial charge is 0.272 e. The van der Waals surface area contributed by atoms with Gasteiger partial charge in [-0.1, -0.05) is 68.2 Å². The van der Waals surface area contributed by atoms with Crippen molar-refractivity contribution in [1.82, 2.24) is 0 Å². The van der Waals surface area contributed by atoms with Gasteiger partial charge in [0, 0.05) is 0 Å². The van der Waals surface area contributed by atoms with Gasteiger partial charge in [0.05, 0.1) is 8.07 Å². The standard InChI is InChI=1S/C15H22O2Si/c1-5-11-17-15(16)12-13(2)18(3,4)14-9-7-6-8-10-14/h5-10,12-13,16H,1,11H2,2-4H3/b15-12+. The second-order valence-corrected chi connectivity index (χ2v) is 9.91. The molecule has 1 aromatic carbocycles. The monoisotopic (exact) mass is 262 g/mol. The van der Waals surface area contributed by atoms with Crippen LogP contribution in [0, 0.1) is 0 Å². The minimum Gasteiger partial charge on any atom is -0.481 e. The average Bonchev–Trinajstić information content (AvgIpc) is 2.37.